The molecule has 0 unspecified atom stereocenters. The Labute approximate surface area is 90.7 Å². The number of rotatable bonds is 5. The molecule has 1 aromatic carbocycles. The second kappa shape index (κ2) is 4.92. The first-order valence-corrected chi connectivity index (χ1v) is 4.32. The van der Waals surface area contributed by atoms with Gasteiger partial charge in [-0.05, 0) is 12.1 Å². The molecule has 2 N–H and O–H groups in total. The molecule has 0 aromatic heterocycles. The number of hydrogen-bond acceptors (Lipinski definition) is 3. The van der Waals surface area contributed by atoms with Crippen molar-refractivity contribution in [2.45, 2.75) is 0 Å². The highest BCUT2D eigenvalue weighted by Crippen LogP contribution is 2.18. The molecule has 0 bridgehead atoms. The van der Waals surface area contributed by atoms with Crippen LogP contribution in [0.1, 0.15) is 10.4 Å². The minimum atomic E-state index is -1.22. The van der Waals surface area contributed by atoms with E-state index in [0.29, 0.717) is 0 Å². The van der Waals surface area contributed by atoms with Crippen LogP contribution in [0.3, 0.4) is 0 Å². The molecular formula is C10H9NO5. The number of para-hydroxylation sites is 1. The number of aromatic carboxylic acids is 1. The van der Waals surface area contributed by atoms with E-state index in [0.717, 1.165) is 4.90 Å². The van der Waals surface area contributed by atoms with Crippen molar-refractivity contribution in [1.82, 2.24) is 0 Å². The molecule has 0 fully saturated rings. The number of amides is 1. The Morgan fingerprint density at radius 3 is 2.38 bits per heavy atom. The fraction of sp³-hybridized carbons (Fsp3) is 0.100. The van der Waals surface area contributed by atoms with Crippen LogP contribution in [0.15, 0.2) is 24.3 Å². The normalized spacial score (nSPS) is 9.50. The van der Waals surface area contributed by atoms with Crippen molar-refractivity contribution in [3.8, 4) is 0 Å². The number of carbonyl (C=O) groups is 3. The first-order valence-electron chi connectivity index (χ1n) is 4.32. The third-order valence-corrected chi connectivity index (χ3v) is 1.88. The number of hydrogen-bond donors (Lipinski definition) is 2. The van der Waals surface area contributed by atoms with Crippen LogP contribution in [0.5, 0.6) is 0 Å². The van der Waals surface area contributed by atoms with Gasteiger partial charge in [-0.2, -0.15) is 0 Å². The lowest BCUT2D eigenvalue weighted by Gasteiger charge is -2.16. The molecule has 0 saturated heterocycles. The van der Waals surface area contributed by atoms with E-state index in [1.807, 2.05) is 0 Å². The third-order valence-electron chi connectivity index (χ3n) is 1.88. The van der Waals surface area contributed by atoms with Crippen LogP contribution in [-0.4, -0.2) is 35.1 Å². The number of aliphatic carboxylic acids is 1. The van der Waals surface area contributed by atoms with Gasteiger partial charge in [0.2, 0.25) is 6.41 Å². The highest BCUT2D eigenvalue weighted by Gasteiger charge is 2.16. The van der Waals surface area contributed by atoms with Gasteiger partial charge in [0, 0.05) is 0 Å². The summed E-state index contributed by atoms with van der Waals surface area (Å²) < 4.78 is 0. The fourth-order valence-electron chi connectivity index (χ4n) is 1.23. The summed E-state index contributed by atoms with van der Waals surface area (Å²) in [5.41, 5.74) is -0.0525. The molecular weight excluding hydrogens is 214 g/mol. The molecule has 0 aliphatic rings. The zero-order chi connectivity index (χ0) is 12.1. The van der Waals surface area contributed by atoms with Crippen molar-refractivity contribution >= 4 is 24.0 Å². The van der Waals surface area contributed by atoms with Gasteiger partial charge < -0.3 is 15.1 Å². The Morgan fingerprint density at radius 2 is 1.88 bits per heavy atom. The van der Waals surface area contributed by atoms with E-state index in [1.165, 1.54) is 24.3 Å². The summed E-state index contributed by atoms with van der Waals surface area (Å²) in [7, 11) is 0. The molecule has 16 heavy (non-hydrogen) atoms. The molecule has 0 spiro atoms. The van der Waals surface area contributed by atoms with Gasteiger partial charge in [-0.1, -0.05) is 12.1 Å². The molecule has 0 atom stereocenters. The number of carboxylic acid groups (broad SMARTS) is 2. The second-order valence-corrected chi connectivity index (χ2v) is 2.95. The highest BCUT2D eigenvalue weighted by atomic mass is 16.4. The predicted octanol–water partition coefficient (Wildman–Crippen LogP) is 0.432. The van der Waals surface area contributed by atoms with Gasteiger partial charge in [0.15, 0.2) is 0 Å². The van der Waals surface area contributed by atoms with Gasteiger partial charge in [0.1, 0.15) is 6.54 Å². The summed E-state index contributed by atoms with van der Waals surface area (Å²) in [5, 5.41) is 17.4. The van der Waals surface area contributed by atoms with E-state index < -0.39 is 18.5 Å². The molecule has 0 heterocycles. The molecule has 0 radical (unpaired) electrons. The van der Waals surface area contributed by atoms with E-state index in [9.17, 15) is 14.4 Å². The summed E-state index contributed by atoms with van der Waals surface area (Å²) in [6.45, 7) is -0.576. The number of anilines is 1. The Bertz CT molecular complexity index is 429. The summed E-state index contributed by atoms with van der Waals surface area (Å²) in [5.74, 6) is -2.43. The van der Waals surface area contributed by atoms with Crippen molar-refractivity contribution in [1.29, 1.82) is 0 Å². The molecule has 1 rings (SSSR count). The quantitative estimate of drug-likeness (QED) is 0.706. The molecule has 84 valence electrons. The van der Waals surface area contributed by atoms with Crippen LogP contribution in [0.4, 0.5) is 5.69 Å². The smallest absolute Gasteiger partial charge is 0.337 e. The number of benzene rings is 1. The second-order valence-electron chi connectivity index (χ2n) is 2.95. The van der Waals surface area contributed by atoms with Gasteiger partial charge in [0.25, 0.3) is 0 Å². The summed E-state index contributed by atoms with van der Waals surface area (Å²) in [4.78, 5) is 32.8. The maximum absolute atomic E-state index is 10.8. The highest BCUT2D eigenvalue weighted by molar-refractivity contribution is 5.98. The lowest BCUT2D eigenvalue weighted by molar-refractivity contribution is -0.136. The Hall–Kier alpha value is -2.37. The van der Waals surface area contributed by atoms with Crippen LogP contribution in [0, 0.1) is 0 Å². The summed E-state index contributed by atoms with van der Waals surface area (Å²) >= 11 is 0. The monoisotopic (exact) mass is 223 g/mol. The molecule has 0 aliphatic heterocycles. The van der Waals surface area contributed by atoms with Gasteiger partial charge in [-0.15, -0.1) is 0 Å². The molecule has 0 aliphatic carbocycles. The van der Waals surface area contributed by atoms with Crippen LogP contribution in [0.25, 0.3) is 0 Å². The Balaban J connectivity index is 3.13. The van der Waals surface area contributed by atoms with E-state index >= 15 is 0 Å². The Morgan fingerprint density at radius 1 is 1.25 bits per heavy atom. The maximum Gasteiger partial charge on any atom is 0.337 e. The minimum Gasteiger partial charge on any atom is -0.480 e. The molecule has 0 saturated carbocycles. The lowest BCUT2D eigenvalue weighted by Crippen LogP contribution is -2.29. The summed E-state index contributed by atoms with van der Waals surface area (Å²) in [6, 6.07) is 5.70. The van der Waals surface area contributed by atoms with Crippen molar-refractivity contribution in [3.05, 3.63) is 29.8 Å². The Kier molecular flexibility index (Phi) is 3.60. The topological polar surface area (TPSA) is 94.9 Å². The average Bonchev–Trinajstić information content (AvgIpc) is 2.25. The van der Waals surface area contributed by atoms with Crippen LogP contribution in [0.2, 0.25) is 0 Å². The average molecular weight is 223 g/mol. The van der Waals surface area contributed by atoms with Gasteiger partial charge >= 0.3 is 11.9 Å². The molecule has 1 aromatic rings. The van der Waals surface area contributed by atoms with E-state index in [4.69, 9.17) is 10.2 Å². The number of nitrogens with zero attached hydrogens (tertiary/aromatic N) is 1. The van der Waals surface area contributed by atoms with Crippen LogP contribution in [-0.2, 0) is 9.59 Å². The van der Waals surface area contributed by atoms with Gasteiger partial charge in [-0.3, -0.25) is 9.59 Å². The van der Waals surface area contributed by atoms with Crippen molar-refractivity contribution in [2.24, 2.45) is 0 Å². The first kappa shape index (κ1) is 11.7. The van der Waals surface area contributed by atoms with Crippen LogP contribution >= 0.6 is 0 Å². The first-order chi connectivity index (χ1) is 7.56. The number of carbonyl (C=O) groups excluding carboxylic acids is 1. The van der Waals surface area contributed by atoms with Gasteiger partial charge in [0.05, 0.1) is 11.3 Å². The SMILES string of the molecule is O=CN(CC(=O)O)c1ccccc1C(=O)O. The molecule has 1 amide bonds. The largest absolute Gasteiger partial charge is 0.480 e. The fourth-order valence-corrected chi connectivity index (χ4v) is 1.23. The van der Waals surface area contributed by atoms with Gasteiger partial charge in [-0.25, -0.2) is 4.79 Å². The standard InChI is InChI=1S/C10H9NO5/c12-6-11(5-9(13)14)8-4-2-1-3-7(8)10(15)16/h1-4,6H,5H2,(H,13,14)(H,15,16). The van der Waals surface area contributed by atoms with E-state index in [2.05, 4.69) is 0 Å². The molecule has 6 nitrogen and oxygen atoms in total. The minimum absolute atomic E-state index is 0.0624. The van der Waals surface area contributed by atoms with E-state index in [1.54, 1.807) is 0 Å². The van der Waals surface area contributed by atoms with Crippen molar-refractivity contribution in [3.63, 3.8) is 0 Å². The zero-order valence-electron chi connectivity index (χ0n) is 8.16. The number of carboxylic acids is 2. The molecule has 6 heteroatoms. The third kappa shape index (κ3) is 2.57. The summed E-state index contributed by atoms with van der Waals surface area (Å²) in [6.07, 6.45) is 0.288. The zero-order valence-corrected chi connectivity index (χ0v) is 8.16. The lowest BCUT2D eigenvalue weighted by atomic mass is 10.1. The van der Waals surface area contributed by atoms with E-state index in [-0.39, 0.29) is 17.7 Å². The van der Waals surface area contributed by atoms with Crippen molar-refractivity contribution < 1.29 is 24.6 Å². The van der Waals surface area contributed by atoms with Crippen molar-refractivity contribution in [2.75, 3.05) is 11.4 Å². The maximum atomic E-state index is 10.8. The van der Waals surface area contributed by atoms with Crippen LogP contribution < -0.4 is 4.90 Å². The predicted molar refractivity (Wildman–Crippen MR) is 54.4 cm³/mol.